The maximum absolute atomic E-state index is 12.6. The Hall–Kier alpha value is -2.11. The molecule has 0 fully saturated rings. The van der Waals surface area contributed by atoms with Gasteiger partial charge in [0.05, 0.1) is 0 Å². The summed E-state index contributed by atoms with van der Waals surface area (Å²) < 4.78 is 37.9. The second kappa shape index (κ2) is 4.40. The fourth-order valence-corrected chi connectivity index (χ4v) is 1.29. The van der Waals surface area contributed by atoms with E-state index >= 15 is 0 Å². The molecular formula is C11H8F3N3. The SMILES string of the molecule is FC(F)(F)c1cncnc1Nc1ccccc1. The number of halogens is 3. The van der Waals surface area contributed by atoms with Gasteiger partial charge in [-0.2, -0.15) is 13.2 Å². The highest BCUT2D eigenvalue weighted by Crippen LogP contribution is 2.33. The smallest absolute Gasteiger partial charge is 0.340 e. The minimum Gasteiger partial charge on any atom is -0.340 e. The molecule has 1 heterocycles. The van der Waals surface area contributed by atoms with Gasteiger partial charge in [0.15, 0.2) is 0 Å². The van der Waals surface area contributed by atoms with Crippen LogP contribution in [0, 0.1) is 0 Å². The number of alkyl halides is 3. The first kappa shape index (κ1) is 11.4. The van der Waals surface area contributed by atoms with E-state index < -0.39 is 11.7 Å². The molecular weight excluding hydrogens is 231 g/mol. The first-order chi connectivity index (χ1) is 8.07. The molecule has 0 saturated heterocycles. The van der Waals surface area contributed by atoms with E-state index in [4.69, 9.17) is 0 Å². The Morgan fingerprint density at radius 2 is 1.76 bits per heavy atom. The summed E-state index contributed by atoms with van der Waals surface area (Å²) in [5.41, 5.74) is -0.347. The molecule has 0 unspecified atom stereocenters. The molecule has 6 heteroatoms. The fourth-order valence-electron chi connectivity index (χ4n) is 1.29. The Bertz CT molecular complexity index is 497. The van der Waals surface area contributed by atoms with Gasteiger partial charge in [-0.25, -0.2) is 9.97 Å². The van der Waals surface area contributed by atoms with Crippen LogP contribution in [0.1, 0.15) is 5.56 Å². The lowest BCUT2D eigenvalue weighted by Gasteiger charge is -2.12. The molecule has 0 atom stereocenters. The number of benzene rings is 1. The molecule has 0 bridgehead atoms. The third-order valence-electron chi connectivity index (χ3n) is 2.05. The monoisotopic (exact) mass is 239 g/mol. The molecule has 0 amide bonds. The molecule has 0 aliphatic heterocycles. The summed E-state index contributed by atoms with van der Waals surface area (Å²) in [7, 11) is 0. The Morgan fingerprint density at radius 1 is 1.06 bits per heavy atom. The van der Waals surface area contributed by atoms with Crippen LogP contribution >= 0.6 is 0 Å². The zero-order valence-corrected chi connectivity index (χ0v) is 8.57. The lowest BCUT2D eigenvalue weighted by molar-refractivity contribution is -0.137. The molecule has 3 nitrogen and oxygen atoms in total. The van der Waals surface area contributed by atoms with E-state index in [2.05, 4.69) is 15.3 Å². The first-order valence-electron chi connectivity index (χ1n) is 4.76. The van der Waals surface area contributed by atoms with Crippen molar-refractivity contribution in [1.82, 2.24) is 9.97 Å². The van der Waals surface area contributed by atoms with Gasteiger partial charge in [0.2, 0.25) is 0 Å². The van der Waals surface area contributed by atoms with Crippen LogP contribution in [0.3, 0.4) is 0 Å². The third-order valence-corrected chi connectivity index (χ3v) is 2.05. The minimum atomic E-state index is -4.47. The second-order valence-corrected chi connectivity index (χ2v) is 3.27. The number of hydrogen-bond acceptors (Lipinski definition) is 3. The van der Waals surface area contributed by atoms with Crippen LogP contribution in [0.15, 0.2) is 42.9 Å². The molecule has 1 N–H and O–H groups in total. The van der Waals surface area contributed by atoms with Gasteiger partial charge in [0.25, 0.3) is 0 Å². The van der Waals surface area contributed by atoms with Crippen LogP contribution in [0.2, 0.25) is 0 Å². The van der Waals surface area contributed by atoms with Gasteiger partial charge in [-0.1, -0.05) is 18.2 Å². The predicted octanol–water partition coefficient (Wildman–Crippen LogP) is 3.24. The highest BCUT2D eigenvalue weighted by atomic mass is 19.4. The number of rotatable bonds is 2. The quantitative estimate of drug-likeness (QED) is 0.874. The number of hydrogen-bond donors (Lipinski definition) is 1. The van der Waals surface area contributed by atoms with Crippen LogP contribution in [-0.2, 0) is 6.18 Å². The van der Waals surface area contributed by atoms with E-state index in [1.165, 1.54) is 0 Å². The summed E-state index contributed by atoms with van der Waals surface area (Å²) in [6, 6.07) is 8.52. The van der Waals surface area contributed by atoms with Crippen molar-refractivity contribution in [2.75, 3.05) is 5.32 Å². The van der Waals surface area contributed by atoms with E-state index in [9.17, 15) is 13.2 Å². The Labute approximate surface area is 95.3 Å². The number of anilines is 2. The normalized spacial score (nSPS) is 11.2. The topological polar surface area (TPSA) is 37.8 Å². The largest absolute Gasteiger partial charge is 0.421 e. The van der Waals surface area contributed by atoms with Gasteiger partial charge in [-0.15, -0.1) is 0 Å². The lowest BCUT2D eigenvalue weighted by Crippen LogP contribution is -2.10. The van der Waals surface area contributed by atoms with Crippen molar-refractivity contribution >= 4 is 11.5 Å². The molecule has 88 valence electrons. The van der Waals surface area contributed by atoms with Crippen molar-refractivity contribution in [2.45, 2.75) is 6.18 Å². The van der Waals surface area contributed by atoms with Crippen LogP contribution in [-0.4, -0.2) is 9.97 Å². The van der Waals surface area contributed by atoms with Crippen molar-refractivity contribution in [3.8, 4) is 0 Å². The number of nitrogens with one attached hydrogen (secondary N) is 1. The summed E-state index contributed by atoms with van der Waals surface area (Å²) in [5, 5.41) is 2.61. The average Bonchev–Trinajstić information content (AvgIpc) is 2.30. The minimum absolute atomic E-state index is 0.251. The molecule has 17 heavy (non-hydrogen) atoms. The Balaban J connectivity index is 2.34. The maximum Gasteiger partial charge on any atom is 0.421 e. The highest BCUT2D eigenvalue weighted by molar-refractivity contribution is 5.59. The summed E-state index contributed by atoms with van der Waals surface area (Å²) >= 11 is 0. The molecule has 1 aromatic carbocycles. The van der Waals surface area contributed by atoms with E-state index in [0.29, 0.717) is 5.69 Å². The number of aromatic nitrogens is 2. The lowest BCUT2D eigenvalue weighted by atomic mass is 10.2. The van der Waals surface area contributed by atoms with Crippen LogP contribution in [0.25, 0.3) is 0 Å². The van der Waals surface area contributed by atoms with E-state index in [0.717, 1.165) is 12.5 Å². The third kappa shape index (κ3) is 2.72. The Kier molecular flexibility index (Phi) is 2.95. The van der Waals surface area contributed by atoms with Crippen molar-refractivity contribution in [1.29, 1.82) is 0 Å². The van der Waals surface area contributed by atoms with Crippen molar-refractivity contribution in [2.24, 2.45) is 0 Å². The van der Waals surface area contributed by atoms with Gasteiger partial charge in [0, 0.05) is 11.9 Å². The molecule has 2 aromatic rings. The second-order valence-electron chi connectivity index (χ2n) is 3.27. The van der Waals surface area contributed by atoms with Crippen molar-refractivity contribution < 1.29 is 13.2 Å². The fraction of sp³-hybridized carbons (Fsp3) is 0.0909. The standard InChI is InChI=1S/C11H8F3N3/c12-11(13,14)9-6-15-7-16-10(9)17-8-4-2-1-3-5-8/h1-7H,(H,15,16,17). The van der Waals surface area contributed by atoms with Crippen LogP contribution in [0.4, 0.5) is 24.7 Å². The average molecular weight is 239 g/mol. The molecule has 1 aromatic heterocycles. The van der Waals surface area contributed by atoms with Gasteiger partial charge in [-0.3, -0.25) is 0 Å². The highest BCUT2D eigenvalue weighted by Gasteiger charge is 2.34. The predicted molar refractivity (Wildman–Crippen MR) is 56.8 cm³/mol. The van der Waals surface area contributed by atoms with Crippen LogP contribution in [0.5, 0.6) is 0 Å². The van der Waals surface area contributed by atoms with Crippen molar-refractivity contribution in [3.05, 3.63) is 48.4 Å². The molecule has 0 spiro atoms. The maximum atomic E-state index is 12.6. The summed E-state index contributed by atoms with van der Waals surface area (Å²) in [6.45, 7) is 0. The zero-order chi connectivity index (χ0) is 12.3. The van der Waals surface area contributed by atoms with Gasteiger partial charge < -0.3 is 5.32 Å². The molecule has 0 saturated carbocycles. The molecule has 0 aliphatic rings. The number of nitrogens with zero attached hydrogens (tertiary/aromatic N) is 2. The van der Waals surface area contributed by atoms with Gasteiger partial charge >= 0.3 is 6.18 Å². The zero-order valence-electron chi connectivity index (χ0n) is 8.57. The summed E-state index contributed by atoms with van der Waals surface area (Å²) in [6.07, 6.45) is -2.66. The van der Waals surface area contributed by atoms with E-state index in [1.54, 1.807) is 30.3 Å². The van der Waals surface area contributed by atoms with E-state index in [-0.39, 0.29) is 5.82 Å². The van der Waals surface area contributed by atoms with Crippen LogP contribution < -0.4 is 5.32 Å². The van der Waals surface area contributed by atoms with E-state index in [1.807, 2.05) is 0 Å². The van der Waals surface area contributed by atoms with Crippen molar-refractivity contribution in [3.63, 3.8) is 0 Å². The first-order valence-corrected chi connectivity index (χ1v) is 4.76. The summed E-state index contributed by atoms with van der Waals surface area (Å²) in [5.74, 6) is -0.251. The Morgan fingerprint density at radius 3 is 2.41 bits per heavy atom. The number of para-hydroxylation sites is 1. The molecule has 0 aliphatic carbocycles. The molecule has 2 rings (SSSR count). The van der Waals surface area contributed by atoms with Gasteiger partial charge in [-0.05, 0) is 12.1 Å². The summed E-state index contributed by atoms with van der Waals surface area (Å²) in [4.78, 5) is 6.98. The molecule has 0 radical (unpaired) electrons. The van der Waals surface area contributed by atoms with Gasteiger partial charge in [0.1, 0.15) is 17.7 Å².